The quantitative estimate of drug-likeness (QED) is 0.881. The second-order valence-electron chi connectivity index (χ2n) is 5.09. The maximum atomic E-state index is 5.81. The molecular weight excluding hydrogens is 228 g/mol. The number of furan rings is 1. The van der Waals surface area contributed by atoms with Gasteiger partial charge in [-0.05, 0) is 31.4 Å². The highest BCUT2D eigenvalue weighted by Crippen LogP contribution is 2.47. The molecule has 4 heteroatoms. The molecule has 1 saturated carbocycles. The lowest BCUT2D eigenvalue weighted by atomic mass is 10.3. The van der Waals surface area contributed by atoms with Crippen LogP contribution in [0.2, 0.25) is 0 Å². The van der Waals surface area contributed by atoms with E-state index in [1.807, 2.05) is 13.0 Å². The topological polar surface area (TPSA) is 51.2 Å². The van der Waals surface area contributed by atoms with Crippen molar-refractivity contribution in [1.29, 1.82) is 0 Å². The lowest BCUT2D eigenvalue weighted by Crippen LogP contribution is -2.12. The van der Waals surface area contributed by atoms with Crippen LogP contribution in [0.1, 0.15) is 42.4 Å². The van der Waals surface area contributed by atoms with Crippen LogP contribution >= 0.6 is 0 Å². The van der Waals surface area contributed by atoms with Crippen molar-refractivity contribution in [3.63, 3.8) is 0 Å². The number of aryl methyl sites for hydroxylation is 1. The van der Waals surface area contributed by atoms with Gasteiger partial charge in [-0.15, -0.1) is 0 Å². The number of hydrogen-bond donors (Lipinski definition) is 1. The molecule has 1 N–H and O–H groups in total. The standard InChI is InChI=1S/C14H18N2O2/c1-9-5-12(9)13-4-3-11(18-13)7-15-8-14-16-6-10(2)17-14/h3-4,6,9,12,15H,5,7-8H2,1-2H3. The molecule has 0 radical (unpaired) electrons. The van der Waals surface area contributed by atoms with Crippen LogP contribution in [0.25, 0.3) is 0 Å². The van der Waals surface area contributed by atoms with Crippen molar-refractivity contribution in [2.75, 3.05) is 0 Å². The molecule has 2 aromatic heterocycles. The van der Waals surface area contributed by atoms with Crippen molar-refractivity contribution in [3.8, 4) is 0 Å². The predicted molar refractivity (Wildman–Crippen MR) is 67.0 cm³/mol. The van der Waals surface area contributed by atoms with E-state index in [0.717, 1.165) is 29.1 Å². The number of hydrogen-bond acceptors (Lipinski definition) is 4. The summed E-state index contributed by atoms with van der Waals surface area (Å²) in [4.78, 5) is 4.14. The minimum absolute atomic E-state index is 0.629. The van der Waals surface area contributed by atoms with Crippen molar-refractivity contribution >= 4 is 0 Å². The molecule has 2 aromatic rings. The van der Waals surface area contributed by atoms with E-state index in [1.165, 1.54) is 6.42 Å². The van der Waals surface area contributed by atoms with Gasteiger partial charge in [-0.1, -0.05) is 6.92 Å². The fourth-order valence-corrected chi connectivity index (χ4v) is 2.18. The molecule has 0 bridgehead atoms. The predicted octanol–water partition coefficient (Wildman–Crippen LogP) is 2.99. The first-order valence-corrected chi connectivity index (χ1v) is 6.43. The molecular formula is C14H18N2O2. The summed E-state index contributed by atoms with van der Waals surface area (Å²) >= 11 is 0. The summed E-state index contributed by atoms with van der Waals surface area (Å²) in [5.41, 5.74) is 0. The van der Waals surface area contributed by atoms with Gasteiger partial charge in [-0.3, -0.25) is 0 Å². The van der Waals surface area contributed by atoms with Crippen molar-refractivity contribution in [2.24, 2.45) is 5.92 Å². The van der Waals surface area contributed by atoms with Crippen LogP contribution < -0.4 is 5.32 Å². The SMILES string of the molecule is Cc1cnc(CNCc2ccc(C3CC3C)o2)o1. The van der Waals surface area contributed by atoms with E-state index in [1.54, 1.807) is 6.20 Å². The summed E-state index contributed by atoms with van der Waals surface area (Å²) in [6.07, 6.45) is 2.99. The average molecular weight is 246 g/mol. The van der Waals surface area contributed by atoms with Gasteiger partial charge < -0.3 is 14.2 Å². The van der Waals surface area contributed by atoms with Gasteiger partial charge in [0, 0.05) is 5.92 Å². The zero-order valence-corrected chi connectivity index (χ0v) is 10.8. The third-order valence-electron chi connectivity index (χ3n) is 3.40. The van der Waals surface area contributed by atoms with E-state index in [2.05, 4.69) is 23.3 Å². The first-order valence-electron chi connectivity index (χ1n) is 6.43. The van der Waals surface area contributed by atoms with E-state index in [9.17, 15) is 0 Å². The van der Waals surface area contributed by atoms with E-state index >= 15 is 0 Å². The largest absolute Gasteiger partial charge is 0.464 e. The van der Waals surface area contributed by atoms with Gasteiger partial charge >= 0.3 is 0 Å². The minimum Gasteiger partial charge on any atom is -0.464 e. The first-order chi connectivity index (χ1) is 8.72. The Hall–Kier alpha value is -1.55. The number of nitrogens with one attached hydrogen (secondary N) is 1. The summed E-state index contributed by atoms with van der Waals surface area (Å²) in [5, 5.41) is 3.27. The highest BCUT2D eigenvalue weighted by atomic mass is 16.4. The normalized spacial score (nSPS) is 22.3. The molecule has 18 heavy (non-hydrogen) atoms. The fourth-order valence-electron chi connectivity index (χ4n) is 2.18. The maximum Gasteiger partial charge on any atom is 0.208 e. The Kier molecular flexibility index (Phi) is 2.96. The van der Waals surface area contributed by atoms with Crippen LogP contribution in [0.3, 0.4) is 0 Å². The number of rotatable bonds is 5. The summed E-state index contributed by atoms with van der Waals surface area (Å²) in [6.45, 7) is 5.49. The molecule has 96 valence electrons. The Morgan fingerprint density at radius 2 is 2.17 bits per heavy atom. The number of oxazole rings is 1. The van der Waals surface area contributed by atoms with Gasteiger partial charge in [-0.25, -0.2) is 4.98 Å². The van der Waals surface area contributed by atoms with Crippen LogP contribution in [0.4, 0.5) is 0 Å². The fraction of sp³-hybridized carbons (Fsp3) is 0.500. The second kappa shape index (κ2) is 4.61. The summed E-state index contributed by atoms with van der Waals surface area (Å²) in [5.74, 6) is 5.10. The Morgan fingerprint density at radius 1 is 1.33 bits per heavy atom. The van der Waals surface area contributed by atoms with Crippen LogP contribution in [-0.2, 0) is 13.1 Å². The Morgan fingerprint density at radius 3 is 2.83 bits per heavy atom. The summed E-state index contributed by atoms with van der Waals surface area (Å²) < 4.78 is 11.2. The third kappa shape index (κ3) is 2.48. The Labute approximate surface area is 106 Å². The zero-order chi connectivity index (χ0) is 12.5. The average Bonchev–Trinajstić information content (AvgIpc) is 2.79. The minimum atomic E-state index is 0.629. The van der Waals surface area contributed by atoms with Crippen LogP contribution in [0.5, 0.6) is 0 Å². The Balaban J connectivity index is 1.49. The van der Waals surface area contributed by atoms with Crippen LogP contribution in [-0.4, -0.2) is 4.98 Å². The molecule has 3 rings (SSSR count). The van der Waals surface area contributed by atoms with Crippen LogP contribution in [0, 0.1) is 12.8 Å². The van der Waals surface area contributed by atoms with E-state index in [0.29, 0.717) is 19.0 Å². The van der Waals surface area contributed by atoms with Crippen molar-refractivity contribution in [2.45, 2.75) is 39.3 Å². The van der Waals surface area contributed by atoms with E-state index in [-0.39, 0.29) is 0 Å². The molecule has 0 aliphatic heterocycles. The molecule has 1 aliphatic rings. The highest BCUT2D eigenvalue weighted by Gasteiger charge is 2.36. The van der Waals surface area contributed by atoms with Crippen molar-refractivity contribution < 1.29 is 8.83 Å². The molecule has 2 unspecified atom stereocenters. The van der Waals surface area contributed by atoms with Gasteiger partial charge in [0.2, 0.25) is 5.89 Å². The third-order valence-corrected chi connectivity index (χ3v) is 3.40. The van der Waals surface area contributed by atoms with Gasteiger partial charge in [0.1, 0.15) is 17.3 Å². The Bertz CT molecular complexity index is 529. The van der Waals surface area contributed by atoms with Crippen LogP contribution in [0.15, 0.2) is 27.2 Å². The maximum absolute atomic E-state index is 5.81. The zero-order valence-electron chi connectivity index (χ0n) is 10.8. The van der Waals surface area contributed by atoms with Crippen molar-refractivity contribution in [3.05, 3.63) is 41.5 Å². The molecule has 0 amide bonds. The molecule has 0 aromatic carbocycles. The van der Waals surface area contributed by atoms with Gasteiger partial charge in [0.15, 0.2) is 0 Å². The lowest BCUT2D eigenvalue weighted by Gasteiger charge is -1.99. The highest BCUT2D eigenvalue weighted by molar-refractivity contribution is 5.17. The molecule has 4 nitrogen and oxygen atoms in total. The number of aromatic nitrogens is 1. The van der Waals surface area contributed by atoms with Gasteiger partial charge in [0.25, 0.3) is 0 Å². The molecule has 1 aliphatic carbocycles. The lowest BCUT2D eigenvalue weighted by molar-refractivity contribution is 0.418. The molecule has 0 saturated heterocycles. The van der Waals surface area contributed by atoms with Gasteiger partial charge in [-0.2, -0.15) is 0 Å². The summed E-state index contributed by atoms with van der Waals surface area (Å²) in [6, 6.07) is 4.15. The molecule has 0 spiro atoms. The van der Waals surface area contributed by atoms with Crippen molar-refractivity contribution in [1.82, 2.24) is 10.3 Å². The van der Waals surface area contributed by atoms with E-state index < -0.39 is 0 Å². The van der Waals surface area contributed by atoms with E-state index in [4.69, 9.17) is 8.83 Å². The monoisotopic (exact) mass is 246 g/mol. The number of nitrogens with zero attached hydrogens (tertiary/aromatic N) is 1. The molecule has 2 atom stereocenters. The first kappa shape index (κ1) is 11.5. The summed E-state index contributed by atoms with van der Waals surface area (Å²) in [7, 11) is 0. The molecule has 2 heterocycles. The molecule has 1 fully saturated rings. The van der Waals surface area contributed by atoms with Gasteiger partial charge in [0.05, 0.1) is 19.3 Å². The smallest absolute Gasteiger partial charge is 0.208 e. The second-order valence-corrected chi connectivity index (χ2v) is 5.09.